The van der Waals surface area contributed by atoms with E-state index in [1.165, 1.54) is 0 Å². The van der Waals surface area contributed by atoms with Gasteiger partial charge in [-0.05, 0) is 35.1 Å². The van der Waals surface area contributed by atoms with Crippen molar-refractivity contribution in [2.45, 2.75) is 6.04 Å². The lowest BCUT2D eigenvalue weighted by Gasteiger charge is -2.19. The highest BCUT2D eigenvalue weighted by Crippen LogP contribution is 2.35. The van der Waals surface area contributed by atoms with Crippen LogP contribution in [0.5, 0.6) is 0 Å². The molecule has 2 rings (SSSR count). The summed E-state index contributed by atoms with van der Waals surface area (Å²) in [5.41, 5.74) is 1.68. The fourth-order valence-electron chi connectivity index (χ4n) is 1.85. The van der Waals surface area contributed by atoms with E-state index in [4.69, 9.17) is 23.2 Å². The van der Waals surface area contributed by atoms with Gasteiger partial charge in [-0.15, -0.1) is 5.10 Å². The van der Waals surface area contributed by atoms with Crippen molar-refractivity contribution in [3.05, 3.63) is 44.1 Å². The zero-order valence-electron chi connectivity index (χ0n) is 9.78. The van der Waals surface area contributed by atoms with Crippen molar-refractivity contribution in [3.8, 4) is 0 Å². The number of hydrogen-bond donors (Lipinski definition) is 1. The van der Waals surface area contributed by atoms with Gasteiger partial charge in [0.05, 0.1) is 11.7 Å². The quantitative estimate of drug-likeness (QED) is 0.925. The van der Waals surface area contributed by atoms with Crippen LogP contribution in [-0.4, -0.2) is 22.0 Å². The third kappa shape index (κ3) is 2.40. The highest BCUT2D eigenvalue weighted by molar-refractivity contribution is 9.10. The minimum absolute atomic E-state index is 0.180. The van der Waals surface area contributed by atoms with E-state index < -0.39 is 0 Å². The maximum atomic E-state index is 6.23. The fraction of sp³-hybridized carbons (Fsp3) is 0.273. The molecule has 1 atom stereocenters. The Kier molecular flexibility index (Phi) is 4.27. The molecule has 1 aromatic carbocycles. The molecule has 1 heterocycles. The lowest BCUT2D eigenvalue weighted by atomic mass is 10.0. The van der Waals surface area contributed by atoms with Crippen molar-refractivity contribution in [3.63, 3.8) is 0 Å². The van der Waals surface area contributed by atoms with Crippen LogP contribution in [0.4, 0.5) is 0 Å². The molecule has 1 N–H and O–H groups in total. The molecular weight excluding hydrogens is 339 g/mol. The Morgan fingerprint density at radius 1 is 1.33 bits per heavy atom. The second-order valence-electron chi connectivity index (χ2n) is 3.75. The number of halogens is 3. The zero-order valence-corrected chi connectivity index (χ0v) is 12.9. The average molecular weight is 350 g/mol. The summed E-state index contributed by atoms with van der Waals surface area (Å²) in [5, 5.41) is 12.3. The molecule has 18 heavy (non-hydrogen) atoms. The predicted octanol–water partition coefficient (Wildman–Crippen LogP) is 3.19. The van der Waals surface area contributed by atoms with Gasteiger partial charge >= 0.3 is 0 Å². The summed E-state index contributed by atoms with van der Waals surface area (Å²) in [7, 11) is 3.66. The SMILES string of the molecule is CNC(c1c(Cl)cccc1Cl)c1c(Br)nnn1C. The van der Waals surface area contributed by atoms with Gasteiger partial charge in [-0.25, -0.2) is 4.68 Å². The van der Waals surface area contributed by atoms with Gasteiger partial charge in [0.1, 0.15) is 0 Å². The maximum absolute atomic E-state index is 6.23. The summed E-state index contributed by atoms with van der Waals surface area (Å²) in [4.78, 5) is 0. The first-order chi connectivity index (χ1) is 8.56. The monoisotopic (exact) mass is 348 g/mol. The molecule has 0 aliphatic heterocycles. The van der Waals surface area contributed by atoms with Gasteiger partial charge in [-0.1, -0.05) is 34.5 Å². The van der Waals surface area contributed by atoms with E-state index in [0.717, 1.165) is 11.3 Å². The highest BCUT2D eigenvalue weighted by Gasteiger charge is 2.24. The Morgan fingerprint density at radius 3 is 2.39 bits per heavy atom. The Morgan fingerprint density at radius 2 is 1.94 bits per heavy atom. The molecule has 1 aromatic heterocycles. The largest absolute Gasteiger partial charge is 0.308 e. The van der Waals surface area contributed by atoms with Gasteiger partial charge in [-0.3, -0.25) is 0 Å². The summed E-state index contributed by atoms with van der Waals surface area (Å²) < 4.78 is 2.35. The molecule has 2 aromatic rings. The van der Waals surface area contributed by atoms with E-state index in [-0.39, 0.29) is 6.04 Å². The standard InChI is InChI=1S/C11H11BrCl2N4/c1-15-9(10-11(12)16-17-18(10)2)8-6(13)4-3-5-7(8)14/h3-5,9,15H,1-2H3. The first-order valence-corrected chi connectivity index (χ1v) is 6.77. The first-order valence-electron chi connectivity index (χ1n) is 5.22. The number of benzene rings is 1. The number of aromatic nitrogens is 3. The molecular formula is C11H11BrCl2N4. The molecule has 0 saturated carbocycles. The molecule has 7 heteroatoms. The molecule has 96 valence electrons. The van der Waals surface area contributed by atoms with Crippen molar-refractivity contribution < 1.29 is 0 Å². The topological polar surface area (TPSA) is 42.7 Å². The third-order valence-corrected chi connectivity index (χ3v) is 3.90. The van der Waals surface area contributed by atoms with Crippen molar-refractivity contribution in [2.75, 3.05) is 7.05 Å². The number of hydrogen-bond acceptors (Lipinski definition) is 3. The van der Waals surface area contributed by atoms with Crippen molar-refractivity contribution in [2.24, 2.45) is 7.05 Å². The van der Waals surface area contributed by atoms with Gasteiger partial charge in [-0.2, -0.15) is 0 Å². The van der Waals surface area contributed by atoms with Gasteiger partial charge in [0.2, 0.25) is 0 Å². The van der Waals surface area contributed by atoms with E-state index in [9.17, 15) is 0 Å². The molecule has 0 spiro atoms. The minimum Gasteiger partial charge on any atom is -0.308 e. The summed E-state index contributed by atoms with van der Waals surface area (Å²) in [5.74, 6) is 0. The van der Waals surface area contributed by atoms with Gasteiger partial charge in [0, 0.05) is 22.7 Å². The molecule has 0 saturated heterocycles. The van der Waals surface area contributed by atoms with Crippen LogP contribution in [0.1, 0.15) is 17.3 Å². The smallest absolute Gasteiger partial charge is 0.153 e. The van der Waals surface area contributed by atoms with Crippen molar-refractivity contribution in [1.82, 2.24) is 20.3 Å². The Labute approximate surface area is 123 Å². The molecule has 1 unspecified atom stereocenters. The number of aryl methyl sites for hydroxylation is 1. The normalized spacial score (nSPS) is 12.7. The maximum Gasteiger partial charge on any atom is 0.153 e. The molecule has 0 radical (unpaired) electrons. The van der Waals surface area contributed by atoms with Crippen LogP contribution < -0.4 is 5.32 Å². The van der Waals surface area contributed by atoms with E-state index in [1.807, 2.05) is 32.3 Å². The minimum atomic E-state index is -0.180. The summed E-state index contributed by atoms with van der Waals surface area (Å²) in [6.45, 7) is 0. The molecule has 4 nitrogen and oxygen atoms in total. The second-order valence-corrected chi connectivity index (χ2v) is 5.31. The van der Waals surface area contributed by atoms with E-state index in [0.29, 0.717) is 14.6 Å². The van der Waals surface area contributed by atoms with E-state index in [2.05, 4.69) is 31.6 Å². The van der Waals surface area contributed by atoms with Gasteiger partial charge in [0.25, 0.3) is 0 Å². The van der Waals surface area contributed by atoms with Crippen molar-refractivity contribution in [1.29, 1.82) is 0 Å². The van der Waals surface area contributed by atoms with Crippen LogP contribution in [-0.2, 0) is 7.05 Å². The molecule has 0 fully saturated rings. The fourth-order valence-corrected chi connectivity index (χ4v) is 3.02. The van der Waals surface area contributed by atoms with Crippen LogP contribution in [0, 0.1) is 0 Å². The molecule has 0 aliphatic carbocycles. The highest BCUT2D eigenvalue weighted by atomic mass is 79.9. The van der Waals surface area contributed by atoms with E-state index in [1.54, 1.807) is 4.68 Å². The third-order valence-electron chi connectivity index (χ3n) is 2.68. The summed E-state index contributed by atoms with van der Waals surface area (Å²) >= 11 is 15.9. The molecule has 0 amide bonds. The molecule has 0 aliphatic rings. The van der Waals surface area contributed by atoms with Crippen LogP contribution in [0.2, 0.25) is 10.0 Å². The Bertz CT molecular complexity index is 530. The van der Waals surface area contributed by atoms with Gasteiger partial charge < -0.3 is 5.32 Å². The summed E-state index contributed by atoms with van der Waals surface area (Å²) in [6.07, 6.45) is 0. The van der Waals surface area contributed by atoms with Crippen molar-refractivity contribution >= 4 is 39.1 Å². The number of nitrogens with one attached hydrogen (secondary N) is 1. The van der Waals surface area contributed by atoms with Crippen LogP contribution in [0.15, 0.2) is 22.8 Å². The first kappa shape index (κ1) is 13.8. The second kappa shape index (κ2) is 5.57. The Balaban J connectivity index is 2.59. The lowest BCUT2D eigenvalue weighted by molar-refractivity contribution is 0.597. The van der Waals surface area contributed by atoms with E-state index >= 15 is 0 Å². The lowest BCUT2D eigenvalue weighted by Crippen LogP contribution is -2.21. The van der Waals surface area contributed by atoms with Crippen LogP contribution >= 0.6 is 39.1 Å². The zero-order chi connectivity index (χ0) is 13.3. The van der Waals surface area contributed by atoms with Gasteiger partial charge in [0.15, 0.2) is 4.60 Å². The summed E-state index contributed by atoms with van der Waals surface area (Å²) in [6, 6.07) is 5.26. The predicted molar refractivity (Wildman–Crippen MR) is 76.1 cm³/mol. The number of nitrogens with zero attached hydrogens (tertiary/aromatic N) is 3. The number of rotatable bonds is 3. The van der Waals surface area contributed by atoms with Crippen LogP contribution in [0.25, 0.3) is 0 Å². The van der Waals surface area contributed by atoms with Crippen LogP contribution in [0.3, 0.4) is 0 Å². The average Bonchev–Trinajstić information content (AvgIpc) is 2.65. The Hall–Kier alpha value is -0.620. The molecule has 0 bridgehead atoms.